The van der Waals surface area contributed by atoms with Crippen molar-refractivity contribution in [3.63, 3.8) is 0 Å². The van der Waals surface area contributed by atoms with E-state index in [9.17, 15) is 4.79 Å². The van der Waals surface area contributed by atoms with E-state index in [4.69, 9.17) is 0 Å². The molecule has 2 fully saturated rings. The molecule has 0 aliphatic carbocycles. The van der Waals surface area contributed by atoms with Gasteiger partial charge in [-0.2, -0.15) is 0 Å². The Morgan fingerprint density at radius 2 is 1.95 bits per heavy atom. The third-order valence-corrected chi connectivity index (χ3v) is 4.65. The normalized spacial score (nSPS) is 27.9. The lowest BCUT2D eigenvalue weighted by Gasteiger charge is -2.46. The lowest BCUT2D eigenvalue weighted by molar-refractivity contribution is 0.0317. The van der Waals surface area contributed by atoms with Gasteiger partial charge < -0.3 is 9.80 Å². The van der Waals surface area contributed by atoms with Crippen LogP contribution in [0.25, 0.3) is 0 Å². The number of carbonyl (C=O) groups is 1. The lowest BCUT2D eigenvalue weighted by Crippen LogP contribution is -2.53. The number of benzene rings is 1. The molecule has 2 unspecified atom stereocenters. The zero-order chi connectivity index (χ0) is 13.2. The zero-order valence-corrected chi connectivity index (χ0v) is 11.6. The second-order valence-corrected chi connectivity index (χ2v) is 5.86. The largest absolute Gasteiger partial charge is 0.338 e. The van der Waals surface area contributed by atoms with Crippen LogP contribution in [0.2, 0.25) is 0 Å². The van der Waals surface area contributed by atoms with Crippen molar-refractivity contribution in [1.29, 1.82) is 0 Å². The maximum atomic E-state index is 12.5. The fraction of sp³-hybridized carbons (Fsp3) is 0.562. The van der Waals surface area contributed by atoms with Gasteiger partial charge in [0.1, 0.15) is 0 Å². The van der Waals surface area contributed by atoms with Crippen molar-refractivity contribution in [2.45, 2.75) is 25.3 Å². The Hall–Kier alpha value is -1.35. The number of amides is 1. The highest BCUT2D eigenvalue weighted by atomic mass is 16.2. The van der Waals surface area contributed by atoms with E-state index in [-0.39, 0.29) is 5.91 Å². The Morgan fingerprint density at radius 3 is 2.74 bits per heavy atom. The third-order valence-electron chi connectivity index (χ3n) is 4.65. The van der Waals surface area contributed by atoms with Gasteiger partial charge in [0, 0.05) is 24.7 Å². The summed E-state index contributed by atoms with van der Waals surface area (Å²) in [5, 5.41) is 0. The smallest absolute Gasteiger partial charge is 0.253 e. The van der Waals surface area contributed by atoms with Crippen LogP contribution in [0, 0.1) is 5.92 Å². The number of rotatable bonds is 1. The van der Waals surface area contributed by atoms with Crippen LogP contribution in [0.3, 0.4) is 0 Å². The van der Waals surface area contributed by atoms with Crippen LogP contribution in [0.1, 0.15) is 29.6 Å². The van der Waals surface area contributed by atoms with Gasteiger partial charge in [-0.15, -0.1) is 0 Å². The highest BCUT2D eigenvalue weighted by molar-refractivity contribution is 5.94. The average molecular weight is 258 g/mol. The van der Waals surface area contributed by atoms with E-state index in [0.29, 0.717) is 12.0 Å². The summed E-state index contributed by atoms with van der Waals surface area (Å²) in [6.45, 7) is 3.05. The highest BCUT2D eigenvalue weighted by Gasteiger charge is 2.35. The number of fused-ring (bicyclic) bond motifs is 1. The number of piperidine rings is 2. The molecule has 0 spiro atoms. The molecule has 2 saturated heterocycles. The van der Waals surface area contributed by atoms with Crippen molar-refractivity contribution in [1.82, 2.24) is 9.80 Å². The van der Waals surface area contributed by atoms with Crippen LogP contribution in [-0.4, -0.2) is 48.4 Å². The Labute approximate surface area is 115 Å². The molecular weight excluding hydrogens is 236 g/mol. The SMILES string of the molecule is CN1CCCC2CN(C(=O)c3ccccc3)CCC21. The predicted octanol–water partition coefficient (Wildman–Crippen LogP) is 2.24. The minimum atomic E-state index is 0.201. The van der Waals surface area contributed by atoms with Gasteiger partial charge in [0.15, 0.2) is 0 Å². The third kappa shape index (κ3) is 2.52. The molecule has 1 aromatic rings. The van der Waals surface area contributed by atoms with E-state index in [0.717, 1.165) is 25.1 Å². The first-order valence-corrected chi connectivity index (χ1v) is 7.30. The fourth-order valence-electron chi connectivity index (χ4n) is 3.60. The molecule has 0 aromatic heterocycles. The van der Waals surface area contributed by atoms with Crippen molar-refractivity contribution in [2.24, 2.45) is 5.92 Å². The predicted molar refractivity (Wildman–Crippen MR) is 76.1 cm³/mol. The number of nitrogens with zero attached hydrogens (tertiary/aromatic N) is 2. The molecule has 3 rings (SSSR count). The van der Waals surface area contributed by atoms with Crippen LogP contribution in [-0.2, 0) is 0 Å². The van der Waals surface area contributed by atoms with Crippen LogP contribution >= 0.6 is 0 Å². The van der Waals surface area contributed by atoms with Gasteiger partial charge in [-0.25, -0.2) is 0 Å². The first-order chi connectivity index (χ1) is 9.25. The Balaban J connectivity index is 1.69. The summed E-state index contributed by atoms with van der Waals surface area (Å²) in [6, 6.07) is 10.4. The zero-order valence-electron chi connectivity index (χ0n) is 11.6. The molecule has 2 aliphatic heterocycles. The quantitative estimate of drug-likeness (QED) is 0.771. The Bertz CT molecular complexity index is 445. The molecule has 2 heterocycles. The molecule has 1 aromatic carbocycles. The molecule has 2 atom stereocenters. The second kappa shape index (κ2) is 5.33. The summed E-state index contributed by atoms with van der Waals surface area (Å²) >= 11 is 0. The molecule has 19 heavy (non-hydrogen) atoms. The van der Waals surface area contributed by atoms with Gasteiger partial charge in [0.05, 0.1) is 0 Å². The minimum absolute atomic E-state index is 0.201. The molecule has 0 bridgehead atoms. The maximum Gasteiger partial charge on any atom is 0.253 e. The molecule has 0 saturated carbocycles. The first-order valence-electron chi connectivity index (χ1n) is 7.30. The van der Waals surface area contributed by atoms with E-state index < -0.39 is 0 Å². The van der Waals surface area contributed by atoms with E-state index in [1.807, 2.05) is 30.3 Å². The standard InChI is InChI=1S/C16H22N2O/c1-17-10-5-8-14-12-18(11-9-15(14)17)16(19)13-6-3-2-4-7-13/h2-4,6-7,14-15H,5,8-12H2,1H3. The van der Waals surface area contributed by atoms with Crippen molar-refractivity contribution < 1.29 is 4.79 Å². The summed E-state index contributed by atoms with van der Waals surface area (Å²) in [5.41, 5.74) is 0.824. The molecule has 3 heteroatoms. The van der Waals surface area contributed by atoms with Crippen LogP contribution < -0.4 is 0 Å². The summed E-state index contributed by atoms with van der Waals surface area (Å²) in [7, 11) is 2.23. The topological polar surface area (TPSA) is 23.6 Å². The number of carbonyl (C=O) groups excluding carboxylic acids is 1. The summed E-state index contributed by atoms with van der Waals surface area (Å²) in [4.78, 5) is 17.0. The minimum Gasteiger partial charge on any atom is -0.338 e. The van der Waals surface area contributed by atoms with Gasteiger partial charge >= 0.3 is 0 Å². The summed E-state index contributed by atoms with van der Waals surface area (Å²) < 4.78 is 0. The van der Waals surface area contributed by atoms with E-state index in [2.05, 4.69) is 16.8 Å². The molecule has 3 nitrogen and oxygen atoms in total. The second-order valence-electron chi connectivity index (χ2n) is 5.86. The Kier molecular flexibility index (Phi) is 3.56. The summed E-state index contributed by atoms with van der Waals surface area (Å²) in [5.74, 6) is 0.868. The monoisotopic (exact) mass is 258 g/mol. The maximum absolute atomic E-state index is 12.5. The van der Waals surface area contributed by atoms with Crippen LogP contribution in [0.15, 0.2) is 30.3 Å². The summed E-state index contributed by atoms with van der Waals surface area (Å²) in [6.07, 6.45) is 3.67. The van der Waals surface area contributed by atoms with Crippen molar-refractivity contribution >= 4 is 5.91 Å². The molecular formula is C16H22N2O. The van der Waals surface area contributed by atoms with Crippen molar-refractivity contribution in [2.75, 3.05) is 26.7 Å². The molecule has 2 aliphatic rings. The molecule has 0 N–H and O–H groups in total. The number of hydrogen-bond donors (Lipinski definition) is 0. The molecule has 0 radical (unpaired) electrons. The van der Waals surface area contributed by atoms with Gasteiger partial charge in [-0.1, -0.05) is 18.2 Å². The van der Waals surface area contributed by atoms with Gasteiger partial charge in [-0.05, 0) is 50.9 Å². The van der Waals surface area contributed by atoms with Crippen LogP contribution in [0.5, 0.6) is 0 Å². The highest BCUT2D eigenvalue weighted by Crippen LogP contribution is 2.30. The van der Waals surface area contributed by atoms with Crippen molar-refractivity contribution in [3.8, 4) is 0 Å². The van der Waals surface area contributed by atoms with Crippen molar-refractivity contribution in [3.05, 3.63) is 35.9 Å². The first kappa shape index (κ1) is 12.7. The van der Waals surface area contributed by atoms with Gasteiger partial charge in [0.25, 0.3) is 5.91 Å². The molecule has 102 valence electrons. The lowest BCUT2D eigenvalue weighted by atomic mass is 9.84. The Morgan fingerprint density at radius 1 is 1.16 bits per heavy atom. The number of likely N-dealkylation sites (tertiary alicyclic amines) is 2. The van der Waals surface area contributed by atoms with Gasteiger partial charge in [0.2, 0.25) is 0 Å². The fourth-order valence-corrected chi connectivity index (χ4v) is 3.60. The number of hydrogen-bond acceptors (Lipinski definition) is 2. The van der Waals surface area contributed by atoms with E-state index in [1.165, 1.54) is 19.4 Å². The van der Waals surface area contributed by atoms with E-state index in [1.54, 1.807) is 0 Å². The van der Waals surface area contributed by atoms with E-state index >= 15 is 0 Å². The molecule has 1 amide bonds. The van der Waals surface area contributed by atoms with Gasteiger partial charge in [-0.3, -0.25) is 4.79 Å². The van der Waals surface area contributed by atoms with Crippen LogP contribution in [0.4, 0.5) is 0 Å². The average Bonchev–Trinajstić information content (AvgIpc) is 2.47.